The van der Waals surface area contributed by atoms with Gasteiger partial charge in [-0.2, -0.15) is 0 Å². The van der Waals surface area contributed by atoms with Gasteiger partial charge in [0.25, 0.3) is 5.91 Å². The maximum absolute atomic E-state index is 13.0. The van der Waals surface area contributed by atoms with Gasteiger partial charge in [-0.05, 0) is 50.1 Å². The Hall–Kier alpha value is -2.62. The van der Waals surface area contributed by atoms with Gasteiger partial charge < -0.3 is 15.4 Å². The highest BCUT2D eigenvalue weighted by Gasteiger charge is 2.31. The van der Waals surface area contributed by atoms with Crippen LogP contribution >= 0.6 is 11.6 Å². The molecule has 0 aliphatic carbocycles. The number of nitrogens with zero attached hydrogens (tertiary/aromatic N) is 1. The molecular weight excluding hydrogens is 454 g/mol. The fraction of sp³-hybridized carbons (Fsp3) is 0.364. The second-order valence-electron chi connectivity index (χ2n) is 7.30. The topological polar surface area (TPSA) is 105 Å². The number of aryl methyl sites for hydroxylation is 1. The molecule has 0 saturated heterocycles. The van der Waals surface area contributed by atoms with Crippen LogP contribution in [0.5, 0.6) is 0 Å². The number of hydrogen-bond donors (Lipinski definition) is 2. The highest BCUT2D eigenvalue weighted by Crippen LogP contribution is 2.28. The van der Waals surface area contributed by atoms with Gasteiger partial charge >= 0.3 is 0 Å². The Kier molecular flexibility index (Phi) is 9.06. The molecule has 0 bridgehead atoms. The molecule has 2 aromatic carbocycles. The molecule has 0 unspecified atom stereocenters. The van der Waals surface area contributed by atoms with E-state index in [2.05, 4.69) is 10.6 Å². The Morgan fingerprint density at radius 3 is 2.53 bits per heavy atom. The predicted molar refractivity (Wildman–Crippen MR) is 127 cm³/mol. The van der Waals surface area contributed by atoms with E-state index >= 15 is 0 Å². The lowest BCUT2D eigenvalue weighted by atomic mass is 10.1. The van der Waals surface area contributed by atoms with Crippen molar-refractivity contribution in [3.63, 3.8) is 0 Å². The molecule has 0 fully saturated rings. The van der Waals surface area contributed by atoms with Crippen LogP contribution in [0, 0.1) is 6.92 Å². The van der Waals surface area contributed by atoms with Crippen LogP contribution in [0.3, 0.4) is 0 Å². The summed E-state index contributed by atoms with van der Waals surface area (Å²) in [4.78, 5) is 25.6. The number of carbonyl (C=O) groups excluding carboxylic acids is 2. The summed E-state index contributed by atoms with van der Waals surface area (Å²) >= 11 is 6.07. The number of nitrogens with one attached hydrogen (secondary N) is 2. The lowest BCUT2D eigenvalue weighted by Gasteiger charge is -2.29. The van der Waals surface area contributed by atoms with Gasteiger partial charge in [-0.15, -0.1) is 0 Å². The van der Waals surface area contributed by atoms with E-state index in [0.29, 0.717) is 35.8 Å². The van der Waals surface area contributed by atoms with Gasteiger partial charge in [0.1, 0.15) is 6.04 Å². The fourth-order valence-corrected chi connectivity index (χ4v) is 4.53. The maximum Gasteiger partial charge on any atom is 0.253 e. The lowest BCUT2D eigenvalue weighted by molar-refractivity contribution is -0.116. The zero-order valence-electron chi connectivity index (χ0n) is 18.5. The van der Waals surface area contributed by atoms with Crippen LogP contribution in [0.2, 0.25) is 5.02 Å². The summed E-state index contributed by atoms with van der Waals surface area (Å²) in [5.41, 5.74) is 1.52. The minimum atomic E-state index is -3.81. The van der Waals surface area contributed by atoms with Crippen LogP contribution in [0.15, 0.2) is 42.5 Å². The molecule has 0 saturated carbocycles. The molecule has 1 atom stereocenters. The molecule has 32 heavy (non-hydrogen) atoms. The highest BCUT2D eigenvalue weighted by atomic mass is 35.5. The van der Waals surface area contributed by atoms with E-state index in [1.54, 1.807) is 50.4 Å². The number of halogens is 1. The summed E-state index contributed by atoms with van der Waals surface area (Å²) in [5, 5.41) is 5.81. The van der Waals surface area contributed by atoms with Gasteiger partial charge in [-0.25, -0.2) is 8.42 Å². The number of methoxy groups -OCH3 is 1. The van der Waals surface area contributed by atoms with Crippen LogP contribution in [0.1, 0.15) is 29.3 Å². The zero-order valence-corrected chi connectivity index (χ0v) is 20.1. The smallest absolute Gasteiger partial charge is 0.253 e. The van der Waals surface area contributed by atoms with Crippen molar-refractivity contribution in [2.24, 2.45) is 0 Å². The molecular formula is C22H28ClN3O5S. The molecule has 0 spiro atoms. The molecule has 2 N–H and O–H groups in total. The molecule has 8 nitrogen and oxygen atoms in total. The normalized spacial score (nSPS) is 12.2. The quantitative estimate of drug-likeness (QED) is 0.507. The van der Waals surface area contributed by atoms with Crippen molar-refractivity contribution in [2.45, 2.75) is 26.3 Å². The molecule has 10 heteroatoms. The standard InChI is InChI=1S/C22H28ClN3O5S/c1-15-10-11-17(23)14-20(15)26(32(4,29)30)16(2)21(27)25-19-9-6-5-8-18(19)22(28)24-12-7-13-31-3/h5-6,8-11,14,16H,7,12-13H2,1-4H3,(H,24,28)(H,25,27)/t16-/m0/s1. The largest absolute Gasteiger partial charge is 0.385 e. The summed E-state index contributed by atoms with van der Waals surface area (Å²) in [6, 6.07) is 10.3. The zero-order chi connectivity index (χ0) is 23.9. The van der Waals surface area contributed by atoms with Gasteiger partial charge in [0.2, 0.25) is 15.9 Å². The number of carbonyl (C=O) groups is 2. The molecule has 174 valence electrons. The fourth-order valence-electron chi connectivity index (χ4n) is 3.14. The van der Waals surface area contributed by atoms with Crippen molar-refractivity contribution in [1.29, 1.82) is 0 Å². The average molecular weight is 482 g/mol. The first-order valence-corrected chi connectivity index (χ1v) is 12.2. The Morgan fingerprint density at radius 2 is 1.88 bits per heavy atom. The average Bonchev–Trinajstić information content (AvgIpc) is 2.73. The van der Waals surface area contributed by atoms with Crippen LogP contribution in [-0.2, 0) is 19.6 Å². The van der Waals surface area contributed by atoms with E-state index in [9.17, 15) is 18.0 Å². The van der Waals surface area contributed by atoms with E-state index in [0.717, 1.165) is 10.6 Å². The third-order valence-corrected chi connectivity index (χ3v) is 6.20. The summed E-state index contributed by atoms with van der Waals surface area (Å²) < 4.78 is 31.1. The van der Waals surface area contributed by atoms with Crippen molar-refractivity contribution < 1.29 is 22.7 Å². The van der Waals surface area contributed by atoms with Crippen molar-refractivity contribution in [3.8, 4) is 0 Å². The molecule has 0 radical (unpaired) electrons. The Bertz CT molecular complexity index is 1070. The maximum atomic E-state index is 13.0. The van der Waals surface area contributed by atoms with E-state index in [1.807, 2.05) is 0 Å². The number of para-hydroxylation sites is 1. The van der Waals surface area contributed by atoms with Gasteiger partial charge in [0.15, 0.2) is 0 Å². The van der Waals surface area contributed by atoms with Gasteiger partial charge in [-0.3, -0.25) is 13.9 Å². The Labute approximate surface area is 193 Å². The monoisotopic (exact) mass is 481 g/mol. The summed E-state index contributed by atoms with van der Waals surface area (Å²) in [7, 11) is -2.23. The molecule has 0 heterocycles. The molecule has 0 aliphatic rings. The van der Waals surface area contributed by atoms with Crippen molar-refractivity contribution in [3.05, 3.63) is 58.6 Å². The number of amides is 2. The number of anilines is 2. The van der Waals surface area contributed by atoms with Gasteiger partial charge in [0, 0.05) is 25.3 Å². The second kappa shape index (κ2) is 11.3. The summed E-state index contributed by atoms with van der Waals surface area (Å²) in [5.74, 6) is -0.940. The number of hydrogen-bond acceptors (Lipinski definition) is 5. The molecule has 2 amide bonds. The second-order valence-corrected chi connectivity index (χ2v) is 9.60. The first kappa shape index (κ1) is 25.6. The first-order chi connectivity index (χ1) is 15.1. The van der Waals surface area contributed by atoms with Crippen molar-refractivity contribution >= 4 is 44.8 Å². The SMILES string of the molecule is COCCCNC(=O)c1ccccc1NC(=O)[C@H](C)N(c1cc(Cl)ccc1C)S(C)(=O)=O. The number of sulfonamides is 1. The summed E-state index contributed by atoms with van der Waals surface area (Å²) in [6.07, 6.45) is 1.68. The number of benzene rings is 2. The van der Waals surface area contributed by atoms with E-state index in [-0.39, 0.29) is 17.2 Å². The predicted octanol–water partition coefficient (Wildman–Crippen LogP) is 3.21. The lowest BCUT2D eigenvalue weighted by Crippen LogP contribution is -2.46. The highest BCUT2D eigenvalue weighted by molar-refractivity contribution is 7.92. The van der Waals surface area contributed by atoms with E-state index < -0.39 is 22.0 Å². The summed E-state index contributed by atoms with van der Waals surface area (Å²) in [6.45, 7) is 4.14. The minimum absolute atomic E-state index is 0.273. The van der Waals surface area contributed by atoms with Crippen molar-refractivity contribution in [1.82, 2.24) is 5.32 Å². The van der Waals surface area contributed by atoms with Gasteiger partial charge in [-0.1, -0.05) is 29.8 Å². The number of ether oxygens (including phenoxy) is 1. The van der Waals surface area contributed by atoms with E-state index in [4.69, 9.17) is 16.3 Å². The third-order valence-electron chi connectivity index (χ3n) is 4.74. The Balaban J connectivity index is 2.27. The number of rotatable bonds is 10. The molecule has 2 aromatic rings. The van der Waals surface area contributed by atoms with Crippen LogP contribution in [0.25, 0.3) is 0 Å². The molecule has 0 aromatic heterocycles. The van der Waals surface area contributed by atoms with Crippen LogP contribution in [-0.4, -0.2) is 52.8 Å². The van der Waals surface area contributed by atoms with Gasteiger partial charge in [0.05, 0.1) is 23.2 Å². The Morgan fingerprint density at radius 1 is 1.19 bits per heavy atom. The molecule has 2 rings (SSSR count). The third kappa shape index (κ3) is 6.69. The first-order valence-electron chi connectivity index (χ1n) is 9.99. The van der Waals surface area contributed by atoms with Crippen molar-refractivity contribution in [2.75, 3.05) is 36.1 Å². The van der Waals surface area contributed by atoms with Crippen LogP contribution < -0.4 is 14.9 Å². The molecule has 0 aliphatic heterocycles. The van der Waals surface area contributed by atoms with E-state index in [1.165, 1.54) is 13.0 Å². The minimum Gasteiger partial charge on any atom is -0.385 e. The van der Waals surface area contributed by atoms with Crippen LogP contribution in [0.4, 0.5) is 11.4 Å².